The van der Waals surface area contributed by atoms with Crippen LogP contribution in [-0.2, 0) is 13.9 Å². The summed E-state index contributed by atoms with van der Waals surface area (Å²) >= 11 is -8.14. The monoisotopic (exact) mass is 1350 g/mol. The van der Waals surface area contributed by atoms with Crippen LogP contribution in [0.1, 0.15) is 112 Å². The van der Waals surface area contributed by atoms with Crippen LogP contribution in [0.15, 0.2) is 126 Å². The average Bonchev–Trinajstić information content (AvgIpc) is 1.44. The third kappa shape index (κ3) is 11.0. The predicted molar refractivity (Wildman–Crippen MR) is 400 cm³/mol. The number of benzene rings is 5. The molecule has 1 fully saturated rings. The summed E-state index contributed by atoms with van der Waals surface area (Å²) in [5.41, 5.74) is 17.2. The Labute approximate surface area is 518 Å². The third-order valence-corrected chi connectivity index (χ3v) is 99.3. The van der Waals surface area contributed by atoms with Gasteiger partial charge in [-0.05, 0) is 0 Å². The zero-order chi connectivity index (χ0) is 61.7. The fourth-order valence-corrected chi connectivity index (χ4v) is 135. The molecule has 0 spiro atoms. The number of hydrogen-bond donors (Lipinski definition) is 0. The standard InChI is InChI=1S/C72H116Ge2Si8/c1-70(2,3)55-46-57(66(75(7,8)9)76(10,11)12)63(58(47-55)67(77(13,14)15)78(16,17)18)73-51-62(53-42-36-32-37-43-53)74(65(73)61(52-40-34-31-35-41-52)50-72(73,74)54-44-38-33-39-45-54)64-59(68(79(19,20)21)80(22,23)24)48-56(71(4,5)6)49-60(64)69(81(25,26)27)82(28,29)30/h31-51,65-69H,1-30H3. The number of hydrogen-bond acceptors (Lipinski definition) is 0. The summed E-state index contributed by atoms with van der Waals surface area (Å²) in [6.07, 6.45) is 3.21. The normalized spacial score (nSPS) is 22.1. The van der Waals surface area contributed by atoms with Gasteiger partial charge in [0.25, 0.3) is 0 Å². The van der Waals surface area contributed by atoms with Crippen molar-refractivity contribution in [3.05, 3.63) is 176 Å². The van der Waals surface area contributed by atoms with Crippen LogP contribution < -0.4 is 8.79 Å². The Morgan fingerprint density at radius 3 is 0.939 bits per heavy atom. The molecule has 1 saturated heterocycles. The van der Waals surface area contributed by atoms with Crippen LogP contribution in [0, 0.1) is 0 Å². The Bertz CT molecular complexity index is 3090. The van der Waals surface area contributed by atoms with Gasteiger partial charge in [-0.3, -0.25) is 0 Å². The molecule has 0 aromatic heterocycles. The first-order chi connectivity index (χ1) is 37.0. The van der Waals surface area contributed by atoms with Gasteiger partial charge in [0.05, 0.1) is 0 Å². The van der Waals surface area contributed by atoms with Crippen LogP contribution >= 0.6 is 0 Å². The van der Waals surface area contributed by atoms with E-state index in [-0.39, 0.29) is 13.9 Å². The third-order valence-electron chi connectivity index (χ3n) is 20.2. The van der Waals surface area contributed by atoms with Crippen molar-refractivity contribution in [2.24, 2.45) is 0 Å². The Balaban J connectivity index is 1.84. The molecule has 10 heteroatoms. The van der Waals surface area contributed by atoms with Gasteiger partial charge in [-0.15, -0.1) is 0 Å². The van der Waals surface area contributed by atoms with Crippen molar-refractivity contribution in [1.82, 2.24) is 0 Å². The van der Waals surface area contributed by atoms with Gasteiger partial charge in [0.1, 0.15) is 0 Å². The summed E-state index contributed by atoms with van der Waals surface area (Å²) in [4.78, 5) is 3.39. The molecule has 0 saturated carbocycles. The van der Waals surface area contributed by atoms with E-state index in [0.29, 0.717) is 24.2 Å². The van der Waals surface area contributed by atoms with Gasteiger partial charge >= 0.3 is 523 Å². The first kappa shape index (κ1) is 66.4. The molecule has 5 aliphatic rings. The SMILES string of the molecule is CC(C)(C)c1cc(C([Si](C)(C)C)[Si](C)(C)C)[c]([Ge]23[CH]=[C](c4ccccc4)[Ge]4([c]5c(C([Si](C)(C)C)[Si](C)(C)C)cc(C(C)(C)C)cc5C([Si](C)(C)C)[Si](C)(C)C)[CH]2C(c2ccccc2)=C[C]34c2ccccc2)c(C([Si](C)(C)C)[Si](C)(C)C)c1. The zero-order valence-corrected chi connectivity index (χ0v) is 70.2. The summed E-state index contributed by atoms with van der Waals surface area (Å²) < 4.78 is 6.32. The molecule has 5 aliphatic heterocycles. The maximum absolute atomic E-state index is 4.13. The van der Waals surface area contributed by atoms with E-state index in [0.717, 1.165) is 0 Å². The summed E-state index contributed by atoms with van der Waals surface area (Å²) in [5, 5.41) is 2.40. The maximum atomic E-state index is 3.39. The molecule has 4 unspecified atom stereocenters. The van der Waals surface area contributed by atoms with E-state index in [1.807, 2.05) is 35.5 Å². The van der Waals surface area contributed by atoms with Crippen molar-refractivity contribution in [2.75, 3.05) is 0 Å². The fraction of sp³-hybridized carbons (Fsp3) is 0.528. The van der Waals surface area contributed by atoms with Crippen molar-refractivity contribution >= 4 is 110 Å². The van der Waals surface area contributed by atoms with E-state index in [1.165, 1.54) is 5.56 Å². The van der Waals surface area contributed by atoms with E-state index in [4.69, 9.17) is 0 Å². The fourth-order valence-electron chi connectivity index (χ4n) is 19.9. The van der Waals surface area contributed by atoms with E-state index in [9.17, 15) is 0 Å². The molecular formula is C72H116Ge2Si8. The Kier molecular flexibility index (Phi) is 17.2. The summed E-state index contributed by atoms with van der Waals surface area (Å²) in [7, 11) is -15.4. The molecule has 0 N–H and O–H groups in total. The molecule has 5 heterocycles. The van der Waals surface area contributed by atoms with Crippen LogP contribution in [0.5, 0.6) is 0 Å². The molecule has 0 amide bonds. The van der Waals surface area contributed by atoms with Crippen LogP contribution in [0.25, 0.3) is 9.98 Å². The first-order valence-corrected chi connectivity index (χ1v) is 69.5. The van der Waals surface area contributed by atoms with Gasteiger partial charge in [-0.25, -0.2) is 0 Å². The van der Waals surface area contributed by atoms with Crippen molar-refractivity contribution < 1.29 is 0 Å². The van der Waals surface area contributed by atoms with E-state index < -0.39 is 91.1 Å². The van der Waals surface area contributed by atoms with Crippen LogP contribution in [-0.4, -0.2) is 91.1 Å². The van der Waals surface area contributed by atoms with Gasteiger partial charge in [-0.1, -0.05) is 0 Å². The summed E-state index contributed by atoms with van der Waals surface area (Å²) in [5.74, 6) is 0. The minimum atomic E-state index is -4.13. The quantitative estimate of drug-likeness (QED) is 0.0814. The van der Waals surface area contributed by atoms with Crippen molar-refractivity contribution in [1.29, 1.82) is 0 Å². The molecule has 0 nitrogen and oxygen atoms in total. The van der Waals surface area contributed by atoms with Crippen LogP contribution in [0.4, 0.5) is 0 Å². The van der Waals surface area contributed by atoms with Crippen LogP contribution in [0.3, 0.4) is 0 Å². The molecule has 0 radical (unpaired) electrons. The van der Waals surface area contributed by atoms with Gasteiger partial charge in [0.2, 0.25) is 0 Å². The number of allylic oxidation sites excluding steroid dienone is 2. The molecule has 4 bridgehead atoms. The minimum absolute atomic E-state index is 0.00205. The number of rotatable bonds is 17. The first-order valence-electron chi connectivity index (χ1n) is 32.0. The second-order valence-corrected chi connectivity index (χ2v) is 104. The van der Waals surface area contributed by atoms with E-state index >= 15 is 0 Å². The van der Waals surface area contributed by atoms with E-state index in [2.05, 4.69) is 325 Å². The predicted octanol–water partition coefficient (Wildman–Crippen LogP) is 20.9. The molecule has 0 aliphatic carbocycles. The van der Waals surface area contributed by atoms with Gasteiger partial charge in [0.15, 0.2) is 0 Å². The topological polar surface area (TPSA) is 0 Å². The van der Waals surface area contributed by atoms with Gasteiger partial charge < -0.3 is 0 Å². The van der Waals surface area contributed by atoms with Crippen molar-refractivity contribution in [3.8, 4) is 0 Å². The zero-order valence-electron chi connectivity index (χ0n) is 58.0. The average molecular weight is 1350 g/mol. The van der Waals surface area contributed by atoms with Crippen molar-refractivity contribution in [2.45, 2.75) is 237 Å². The molecule has 5 aromatic rings. The second kappa shape index (κ2) is 21.3. The van der Waals surface area contributed by atoms with Gasteiger partial charge in [0, 0.05) is 0 Å². The second-order valence-electron chi connectivity index (χ2n) is 37.4. The molecular weight excluding hydrogens is 1230 g/mol. The summed E-state index contributed by atoms with van der Waals surface area (Å²) in [6.45, 7) is 82.2. The Morgan fingerprint density at radius 1 is 0.366 bits per heavy atom. The molecule has 82 heavy (non-hydrogen) atoms. The molecule has 5 aromatic carbocycles. The molecule has 4 atom stereocenters. The Hall–Kier alpha value is -1.60. The summed E-state index contributed by atoms with van der Waals surface area (Å²) in [6, 6.07) is 49.4. The van der Waals surface area contributed by atoms with Crippen LogP contribution in [0.2, 0.25) is 161 Å². The van der Waals surface area contributed by atoms with Crippen molar-refractivity contribution in [3.63, 3.8) is 0 Å². The van der Waals surface area contributed by atoms with Gasteiger partial charge in [-0.2, -0.15) is 0 Å². The Morgan fingerprint density at radius 2 is 0.646 bits per heavy atom. The molecule has 10 rings (SSSR count). The molecule has 444 valence electrons. The van der Waals surface area contributed by atoms with E-state index in [1.54, 1.807) is 27.8 Å².